The van der Waals surface area contributed by atoms with Crippen LogP contribution in [0, 0.1) is 0 Å². The molecule has 4 nitrogen and oxygen atoms in total. The average Bonchev–Trinajstić information content (AvgIpc) is 2.00. The fraction of sp³-hybridized carbons (Fsp3) is 0.429. The maximum atomic E-state index is 4.09. The third-order valence-corrected chi connectivity index (χ3v) is 1.47. The number of hydrazone groups is 2. The van der Waals surface area contributed by atoms with Crippen LogP contribution in [0.5, 0.6) is 0 Å². The lowest BCUT2D eigenvalue weighted by atomic mass is 10.5. The Morgan fingerprint density at radius 3 is 2.18 bits per heavy atom. The number of hydrogen-bond acceptors (Lipinski definition) is 4. The van der Waals surface area contributed by atoms with E-state index >= 15 is 0 Å². The Hall–Kier alpha value is -1.32. The molecule has 0 atom stereocenters. The molecule has 1 aliphatic rings. The van der Waals surface area contributed by atoms with E-state index in [0.29, 0.717) is 0 Å². The molecule has 0 aliphatic carbocycles. The fourth-order valence-electron chi connectivity index (χ4n) is 0.729. The highest BCUT2D eigenvalue weighted by Crippen LogP contribution is 2.05. The lowest BCUT2D eigenvalue weighted by Gasteiger charge is -2.23. The van der Waals surface area contributed by atoms with Crippen molar-refractivity contribution in [3.8, 4) is 0 Å². The summed E-state index contributed by atoms with van der Waals surface area (Å²) in [5.41, 5.74) is 0. The largest absolute Gasteiger partial charge is 0.252 e. The van der Waals surface area contributed by atoms with Gasteiger partial charge in [0, 0.05) is 32.9 Å². The van der Waals surface area contributed by atoms with E-state index < -0.39 is 0 Å². The summed E-state index contributed by atoms with van der Waals surface area (Å²) in [4.78, 5) is 0. The van der Waals surface area contributed by atoms with Crippen LogP contribution in [0.3, 0.4) is 0 Å². The van der Waals surface area contributed by atoms with Gasteiger partial charge in [-0.25, -0.2) is 0 Å². The summed E-state index contributed by atoms with van der Waals surface area (Å²) in [5, 5.41) is 11.6. The van der Waals surface area contributed by atoms with Gasteiger partial charge in [0.2, 0.25) is 0 Å². The van der Waals surface area contributed by atoms with Crippen molar-refractivity contribution in [3.05, 3.63) is 12.4 Å². The summed E-state index contributed by atoms with van der Waals surface area (Å²) in [6.07, 6.45) is 4.35. The summed E-state index contributed by atoms with van der Waals surface area (Å²) >= 11 is 0. The Bertz CT molecular complexity index is 186. The second-order valence-electron chi connectivity index (χ2n) is 2.30. The van der Waals surface area contributed by atoms with Crippen LogP contribution in [0.15, 0.2) is 22.6 Å². The van der Waals surface area contributed by atoms with Gasteiger partial charge in [0.05, 0.1) is 0 Å². The van der Waals surface area contributed by atoms with E-state index in [1.807, 2.05) is 14.1 Å². The molecule has 0 unspecified atom stereocenters. The maximum absolute atomic E-state index is 4.09. The van der Waals surface area contributed by atoms with E-state index in [2.05, 4.69) is 16.8 Å². The van der Waals surface area contributed by atoms with Crippen molar-refractivity contribution >= 4 is 12.4 Å². The molecule has 0 bridgehead atoms. The van der Waals surface area contributed by atoms with Crippen molar-refractivity contribution in [2.45, 2.75) is 6.42 Å². The van der Waals surface area contributed by atoms with E-state index in [9.17, 15) is 0 Å². The molecule has 0 aromatic heterocycles. The molecule has 0 spiro atoms. The number of hydrogen-bond donors (Lipinski definition) is 0. The monoisotopic (exact) mass is 152 g/mol. The zero-order valence-corrected chi connectivity index (χ0v) is 6.86. The van der Waals surface area contributed by atoms with Gasteiger partial charge in [-0.15, -0.1) is 0 Å². The molecule has 0 fully saturated rings. The molecule has 0 radical (unpaired) electrons. The van der Waals surface area contributed by atoms with Gasteiger partial charge in [-0.1, -0.05) is 6.58 Å². The van der Waals surface area contributed by atoms with Crippen LogP contribution >= 0.6 is 0 Å². The van der Waals surface area contributed by atoms with Gasteiger partial charge in [0.1, 0.15) is 5.82 Å². The van der Waals surface area contributed by atoms with Gasteiger partial charge >= 0.3 is 0 Å². The van der Waals surface area contributed by atoms with Crippen molar-refractivity contribution < 1.29 is 0 Å². The first-order valence-electron chi connectivity index (χ1n) is 3.43. The molecule has 0 saturated carbocycles. The van der Waals surface area contributed by atoms with Gasteiger partial charge in [-0.2, -0.15) is 10.2 Å². The molecule has 0 amide bonds. The third-order valence-electron chi connectivity index (χ3n) is 1.47. The molecule has 1 rings (SSSR count). The first kappa shape index (κ1) is 7.78. The predicted octanol–water partition coefficient (Wildman–Crippen LogP) is 0.697. The SMILES string of the molecule is C=C1N(C)N=CCC=NN1C. The Morgan fingerprint density at radius 1 is 1.27 bits per heavy atom. The molecule has 0 N–H and O–H groups in total. The Labute approximate surface area is 66.5 Å². The molecule has 1 heterocycles. The van der Waals surface area contributed by atoms with E-state index in [4.69, 9.17) is 0 Å². The molecule has 60 valence electrons. The Balaban J connectivity index is 2.75. The predicted molar refractivity (Wildman–Crippen MR) is 46.3 cm³/mol. The van der Waals surface area contributed by atoms with Crippen LogP contribution in [0.2, 0.25) is 0 Å². The first-order valence-corrected chi connectivity index (χ1v) is 3.43. The maximum Gasteiger partial charge on any atom is 0.137 e. The minimum absolute atomic E-state index is 0.761. The highest BCUT2D eigenvalue weighted by Gasteiger charge is 2.04. The van der Waals surface area contributed by atoms with E-state index in [1.54, 1.807) is 22.4 Å². The van der Waals surface area contributed by atoms with Crippen molar-refractivity contribution in [2.24, 2.45) is 10.2 Å². The molecular formula is C7H12N4. The highest BCUT2D eigenvalue weighted by atomic mass is 15.6. The number of nitrogens with zero attached hydrogens (tertiary/aromatic N) is 4. The van der Waals surface area contributed by atoms with Gasteiger partial charge in [-0.3, -0.25) is 10.0 Å². The minimum atomic E-state index is 0.761. The van der Waals surface area contributed by atoms with Gasteiger partial charge in [0.25, 0.3) is 0 Å². The Kier molecular flexibility index (Phi) is 2.25. The molecule has 0 aromatic rings. The zero-order chi connectivity index (χ0) is 8.27. The average molecular weight is 152 g/mol. The highest BCUT2D eigenvalue weighted by molar-refractivity contribution is 5.79. The summed E-state index contributed by atoms with van der Waals surface area (Å²) in [5.74, 6) is 0.761. The van der Waals surface area contributed by atoms with Crippen molar-refractivity contribution in [1.29, 1.82) is 0 Å². The second-order valence-corrected chi connectivity index (χ2v) is 2.30. The standard InChI is InChI=1S/C7H12N4/c1-7-10(2)8-5-4-6-9-11(7)3/h5-6H,1,4H2,2-3H3. The number of rotatable bonds is 0. The summed E-state index contributed by atoms with van der Waals surface area (Å²) in [6.45, 7) is 3.80. The van der Waals surface area contributed by atoms with Crippen LogP contribution < -0.4 is 0 Å². The molecule has 0 aromatic carbocycles. The third kappa shape index (κ3) is 1.80. The molecule has 11 heavy (non-hydrogen) atoms. The zero-order valence-electron chi connectivity index (χ0n) is 6.86. The van der Waals surface area contributed by atoms with E-state index in [0.717, 1.165) is 12.2 Å². The molecule has 1 aliphatic heterocycles. The fourth-order valence-corrected chi connectivity index (χ4v) is 0.729. The van der Waals surface area contributed by atoms with E-state index in [-0.39, 0.29) is 0 Å². The van der Waals surface area contributed by atoms with E-state index in [1.165, 1.54) is 0 Å². The summed E-state index contributed by atoms with van der Waals surface area (Å²) < 4.78 is 0. The van der Waals surface area contributed by atoms with Crippen molar-refractivity contribution in [2.75, 3.05) is 14.1 Å². The topological polar surface area (TPSA) is 31.2 Å². The van der Waals surface area contributed by atoms with Crippen LogP contribution in [0.1, 0.15) is 6.42 Å². The lowest BCUT2D eigenvalue weighted by molar-refractivity contribution is 0.287. The van der Waals surface area contributed by atoms with Gasteiger partial charge in [-0.05, 0) is 0 Å². The van der Waals surface area contributed by atoms with Crippen LogP contribution in [0.4, 0.5) is 0 Å². The molecule has 0 saturated heterocycles. The van der Waals surface area contributed by atoms with Crippen LogP contribution in [0.25, 0.3) is 0 Å². The lowest BCUT2D eigenvalue weighted by Crippen LogP contribution is -2.23. The van der Waals surface area contributed by atoms with Gasteiger partial charge in [0.15, 0.2) is 0 Å². The minimum Gasteiger partial charge on any atom is -0.252 e. The first-order chi connectivity index (χ1) is 5.22. The van der Waals surface area contributed by atoms with Crippen molar-refractivity contribution in [3.63, 3.8) is 0 Å². The Morgan fingerprint density at radius 2 is 1.73 bits per heavy atom. The summed E-state index contributed by atoms with van der Waals surface area (Å²) in [6, 6.07) is 0. The van der Waals surface area contributed by atoms with Crippen LogP contribution in [-0.2, 0) is 0 Å². The van der Waals surface area contributed by atoms with Crippen LogP contribution in [-0.4, -0.2) is 36.5 Å². The normalized spacial score (nSPS) is 18.5. The molecule has 4 heteroatoms. The quantitative estimate of drug-likeness (QED) is 0.511. The summed E-state index contributed by atoms with van der Waals surface area (Å²) in [7, 11) is 3.69. The second kappa shape index (κ2) is 3.18. The molecular weight excluding hydrogens is 140 g/mol. The van der Waals surface area contributed by atoms with Crippen molar-refractivity contribution in [1.82, 2.24) is 10.0 Å². The van der Waals surface area contributed by atoms with Gasteiger partial charge < -0.3 is 0 Å². The smallest absolute Gasteiger partial charge is 0.137 e.